The number of esters is 1. The number of rotatable bonds is 7. The molecule has 0 radical (unpaired) electrons. The van der Waals surface area contributed by atoms with Gasteiger partial charge in [-0.15, -0.1) is 0 Å². The third-order valence-electron chi connectivity index (χ3n) is 4.64. The predicted molar refractivity (Wildman–Crippen MR) is 104 cm³/mol. The Morgan fingerprint density at radius 3 is 2.70 bits per heavy atom. The fourth-order valence-electron chi connectivity index (χ4n) is 3.33. The van der Waals surface area contributed by atoms with Crippen molar-refractivity contribution >= 4 is 17.6 Å². The lowest BCUT2D eigenvalue weighted by molar-refractivity contribution is -0.147. The van der Waals surface area contributed by atoms with E-state index in [9.17, 15) is 9.59 Å². The van der Waals surface area contributed by atoms with Gasteiger partial charge in [0.1, 0.15) is 5.75 Å². The third-order valence-corrected chi connectivity index (χ3v) is 4.64. The molecule has 1 amide bonds. The van der Waals surface area contributed by atoms with Crippen molar-refractivity contribution in [3.63, 3.8) is 0 Å². The van der Waals surface area contributed by atoms with E-state index in [1.165, 1.54) is 0 Å². The van der Waals surface area contributed by atoms with Gasteiger partial charge in [-0.3, -0.25) is 9.59 Å². The molecule has 142 valence electrons. The largest absolute Gasteiger partial charge is 0.494 e. The number of carbonyl (C=O) groups excluding carboxylic acids is 2. The van der Waals surface area contributed by atoms with E-state index in [1.807, 2.05) is 55.5 Å². The molecule has 5 nitrogen and oxygen atoms in total. The van der Waals surface area contributed by atoms with Crippen LogP contribution in [0.2, 0.25) is 0 Å². The van der Waals surface area contributed by atoms with E-state index in [4.69, 9.17) is 9.47 Å². The maximum atomic E-state index is 12.5. The zero-order valence-electron chi connectivity index (χ0n) is 15.6. The highest BCUT2D eigenvalue weighted by Gasteiger charge is 2.23. The zero-order valence-corrected chi connectivity index (χ0v) is 15.6. The van der Waals surface area contributed by atoms with Crippen LogP contribution < -0.4 is 9.64 Å². The van der Waals surface area contributed by atoms with Crippen molar-refractivity contribution in [2.24, 2.45) is 0 Å². The van der Waals surface area contributed by atoms with Crippen molar-refractivity contribution in [3.8, 4) is 5.75 Å². The molecule has 0 aliphatic carbocycles. The van der Waals surface area contributed by atoms with E-state index >= 15 is 0 Å². The minimum atomic E-state index is -0.375. The summed E-state index contributed by atoms with van der Waals surface area (Å²) in [4.78, 5) is 26.3. The first-order valence-corrected chi connectivity index (χ1v) is 9.43. The van der Waals surface area contributed by atoms with Crippen LogP contribution in [0.1, 0.15) is 30.9 Å². The Morgan fingerprint density at radius 1 is 1.07 bits per heavy atom. The molecule has 0 saturated heterocycles. The van der Waals surface area contributed by atoms with Crippen LogP contribution in [-0.2, 0) is 27.2 Å². The summed E-state index contributed by atoms with van der Waals surface area (Å²) in [7, 11) is 0. The highest BCUT2D eigenvalue weighted by atomic mass is 16.5. The number of benzene rings is 2. The standard InChI is InChI=1S/C22H25NO4/c1-2-26-20-12-6-4-9-18(20)13-14-22(25)27-16-21(24)23-15-7-10-17-8-3-5-11-19(17)23/h3-6,8-9,11-12H,2,7,10,13-16H2,1H3. The summed E-state index contributed by atoms with van der Waals surface area (Å²) in [5.74, 6) is 0.235. The molecule has 0 spiro atoms. The minimum absolute atomic E-state index is 0.176. The number of amides is 1. The molecule has 0 fully saturated rings. The van der Waals surface area contributed by atoms with Crippen LogP contribution in [0.25, 0.3) is 0 Å². The summed E-state index contributed by atoms with van der Waals surface area (Å²) in [5, 5.41) is 0. The smallest absolute Gasteiger partial charge is 0.306 e. The second-order valence-electron chi connectivity index (χ2n) is 6.48. The molecule has 2 aromatic carbocycles. The maximum absolute atomic E-state index is 12.5. The Hall–Kier alpha value is -2.82. The summed E-state index contributed by atoms with van der Waals surface area (Å²) in [6, 6.07) is 15.5. The van der Waals surface area contributed by atoms with Gasteiger partial charge >= 0.3 is 5.97 Å². The number of carbonyl (C=O) groups is 2. The van der Waals surface area contributed by atoms with Gasteiger partial charge in [-0.25, -0.2) is 0 Å². The van der Waals surface area contributed by atoms with Crippen molar-refractivity contribution in [3.05, 3.63) is 59.7 Å². The Kier molecular flexibility index (Phi) is 6.47. The van der Waals surface area contributed by atoms with Crippen LogP contribution in [0.4, 0.5) is 5.69 Å². The number of anilines is 1. The molecule has 2 aromatic rings. The van der Waals surface area contributed by atoms with Crippen LogP contribution in [0, 0.1) is 0 Å². The van der Waals surface area contributed by atoms with Crippen molar-refractivity contribution < 1.29 is 19.1 Å². The van der Waals surface area contributed by atoms with Gasteiger partial charge in [0.05, 0.1) is 6.61 Å². The number of hydrogen-bond acceptors (Lipinski definition) is 4. The SMILES string of the molecule is CCOc1ccccc1CCC(=O)OCC(=O)N1CCCc2ccccc21. The highest BCUT2D eigenvalue weighted by molar-refractivity contribution is 5.96. The van der Waals surface area contributed by atoms with Crippen molar-refractivity contribution in [2.45, 2.75) is 32.6 Å². The summed E-state index contributed by atoms with van der Waals surface area (Å²) in [6.45, 7) is 2.94. The van der Waals surface area contributed by atoms with E-state index in [-0.39, 0.29) is 24.9 Å². The second kappa shape index (κ2) is 9.21. The van der Waals surface area contributed by atoms with Crippen LogP contribution in [-0.4, -0.2) is 31.6 Å². The number of hydrogen-bond donors (Lipinski definition) is 0. The Labute approximate surface area is 159 Å². The lowest BCUT2D eigenvalue weighted by Crippen LogP contribution is -2.38. The lowest BCUT2D eigenvalue weighted by Gasteiger charge is -2.29. The Balaban J connectivity index is 1.51. The quantitative estimate of drug-likeness (QED) is 0.703. The fraction of sp³-hybridized carbons (Fsp3) is 0.364. The number of aryl methyl sites for hydroxylation is 2. The van der Waals surface area contributed by atoms with E-state index < -0.39 is 0 Å². The number of ether oxygens (including phenoxy) is 2. The fourth-order valence-corrected chi connectivity index (χ4v) is 3.33. The molecule has 3 rings (SSSR count). The van der Waals surface area contributed by atoms with Gasteiger partial charge in [-0.1, -0.05) is 36.4 Å². The van der Waals surface area contributed by atoms with Gasteiger partial charge < -0.3 is 14.4 Å². The van der Waals surface area contributed by atoms with Crippen LogP contribution in [0.3, 0.4) is 0 Å². The average molecular weight is 367 g/mol. The topological polar surface area (TPSA) is 55.8 Å². The lowest BCUT2D eigenvalue weighted by atomic mass is 10.0. The molecular weight excluding hydrogens is 342 g/mol. The minimum Gasteiger partial charge on any atom is -0.494 e. The van der Waals surface area contributed by atoms with E-state index in [0.717, 1.165) is 35.4 Å². The molecule has 1 aliphatic rings. The Morgan fingerprint density at radius 2 is 1.85 bits per heavy atom. The van der Waals surface area contributed by atoms with Crippen LogP contribution >= 0.6 is 0 Å². The number of nitrogens with zero attached hydrogens (tertiary/aromatic N) is 1. The first kappa shape index (κ1) is 19.0. The molecule has 0 saturated carbocycles. The van der Waals surface area contributed by atoms with E-state index in [0.29, 0.717) is 19.6 Å². The molecular formula is C22H25NO4. The first-order chi connectivity index (χ1) is 13.2. The van der Waals surface area contributed by atoms with Crippen LogP contribution in [0.15, 0.2) is 48.5 Å². The van der Waals surface area contributed by atoms with Crippen molar-refractivity contribution in [2.75, 3.05) is 24.7 Å². The first-order valence-electron chi connectivity index (χ1n) is 9.43. The molecule has 0 N–H and O–H groups in total. The van der Waals surface area contributed by atoms with Gasteiger partial charge in [0.15, 0.2) is 6.61 Å². The number of fused-ring (bicyclic) bond motifs is 1. The van der Waals surface area contributed by atoms with Gasteiger partial charge in [0.25, 0.3) is 5.91 Å². The molecule has 0 unspecified atom stereocenters. The monoisotopic (exact) mass is 367 g/mol. The normalized spacial score (nSPS) is 13.0. The summed E-state index contributed by atoms with van der Waals surface area (Å²) in [6.07, 6.45) is 2.63. The average Bonchev–Trinajstić information content (AvgIpc) is 2.71. The van der Waals surface area contributed by atoms with Gasteiger partial charge in [0, 0.05) is 18.7 Å². The molecule has 0 bridgehead atoms. The summed E-state index contributed by atoms with van der Waals surface area (Å²) in [5.41, 5.74) is 3.05. The summed E-state index contributed by atoms with van der Waals surface area (Å²) >= 11 is 0. The molecule has 1 aliphatic heterocycles. The van der Waals surface area contributed by atoms with E-state index in [1.54, 1.807) is 4.90 Å². The molecule has 5 heteroatoms. The second-order valence-corrected chi connectivity index (χ2v) is 6.48. The van der Waals surface area contributed by atoms with Crippen LogP contribution in [0.5, 0.6) is 5.75 Å². The Bertz CT molecular complexity index is 802. The van der Waals surface area contributed by atoms with Crippen molar-refractivity contribution in [1.82, 2.24) is 0 Å². The maximum Gasteiger partial charge on any atom is 0.306 e. The van der Waals surface area contributed by atoms with Crippen molar-refractivity contribution in [1.29, 1.82) is 0 Å². The third kappa shape index (κ3) is 4.88. The highest BCUT2D eigenvalue weighted by Crippen LogP contribution is 2.26. The van der Waals surface area contributed by atoms with Gasteiger partial charge in [-0.2, -0.15) is 0 Å². The predicted octanol–water partition coefficient (Wildman–Crippen LogP) is 3.54. The number of para-hydroxylation sites is 2. The summed E-state index contributed by atoms with van der Waals surface area (Å²) < 4.78 is 10.8. The van der Waals surface area contributed by atoms with E-state index in [2.05, 4.69) is 0 Å². The molecule has 1 heterocycles. The van der Waals surface area contributed by atoms with Gasteiger partial charge in [0.2, 0.25) is 0 Å². The molecule has 0 atom stereocenters. The molecule has 27 heavy (non-hydrogen) atoms. The van der Waals surface area contributed by atoms with Gasteiger partial charge in [-0.05, 0) is 49.4 Å². The molecule has 0 aromatic heterocycles. The zero-order chi connectivity index (χ0) is 19.1.